The molecular formula is C23H25F2NO4. The number of alkyl halides is 2. The summed E-state index contributed by atoms with van der Waals surface area (Å²) in [4.78, 5) is 13.0. The molecule has 1 aliphatic rings. The van der Waals surface area contributed by atoms with Gasteiger partial charge in [-0.1, -0.05) is 30.3 Å². The van der Waals surface area contributed by atoms with Crippen LogP contribution in [0, 0.1) is 0 Å². The van der Waals surface area contributed by atoms with Crippen LogP contribution in [0.4, 0.5) is 8.78 Å². The lowest BCUT2D eigenvalue weighted by Gasteiger charge is -2.29. The maximum Gasteiger partial charge on any atom is 0.387 e. The van der Waals surface area contributed by atoms with Crippen molar-refractivity contribution < 1.29 is 28.2 Å². The lowest BCUT2D eigenvalue weighted by atomic mass is 9.98. The number of fused-ring (bicyclic) bond motifs is 1. The molecule has 3 rings (SSSR count). The number of carboxylic acids is 1. The first-order chi connectivity index (χ1) is 14.5. The Kier molecular flexibility index (Phi) is 7.79. The highest BCUT2D eigenvalue weighted by molar-refractivity contribution is 5.66. The van der Waals surface area contributed by atoms with E-state index in [2.05, 4.69) is 15.7 Å². The third-order valence-electron chi connectivity index (χ3n) is 4.92. The highest BCUT2D eigenvalue weighted by Crippen LogP contribution is 2.28. The van der Waals surface area contributed by atoms with Crippen LogP contribution < -0.4 is 9.47 Å². The van der Waals surface area contributed by atoms with Gasteiger partial charge >= 0.3 is 12.6 Å². The molecule has 5 nitrogen and oxygen atoms in total. The van der Waals surface area contributed by atoms with E-state index in [0.717, 1.165) is 37.4 Å². The highest BCUT2D eigenvalue weighted by Gasteiger charge is 2.19. The number of rotatable bonds is 10. The summed E-state index contributed by atoms with van der Waals surface area (Å²) >= 11 is 0. The molecule has 0 saturated heterocycles. The van der Waals surface area contributed by atoms with Gasteiger partial charge < -0.3 is 14.6 Å². The fourth-order valence-electron chi connectivity index (χ4n) is 3.50. The minimum atomic E-state index is -2.83. The van der Waals surface area contributed by atoms with Crippen LogP contribution in [0.25, 0.3) is 6.08 Å². The van der Waals surface area contributed by atoms with Crippen LogP contribution in [0.2, 0.25) is 0 Å². The average Bonchev–Trinajstić information content (AvgIpc) is 2.71. The minimum absolute atomic E-state index is 0.131. The molecule has 1 heterocycles. The summed E-state index contributed by atoms with van der Waals surface area (Å²) in [6.45, 7) is 0.0352. The fraction of sp³-hybridized carbons (Fsp3) is 0.348. The maximum atomic E-state index is 12.2. The van der Waals surface area contributed by atoms with E-state index >= 15 is 0 Å². The second-order valence-electron chi connectivity index (χ2n) is 7.08. The molecule has 0 aromatic heterocycles. The molecule has 0 atom stereocenters. The zero-order valence-electron chi connectivity index (χ0n) is 16.6. The molecule has 0 saturated carbocycles. The molecular weight excluding hydrogens is 392 g/mol. The van der Waals surface area contributed by atoms with Crippen LogP contribution in [0.3, 0.4) is 0 Å². The molecule has 0 fully saturated rings. The van der Waals surface area contributed by atoms with Crippen LogP contribution in [-0.4, -0.2) is 42.3 Å². The van der Waals surface area contributed by atoms with Crippen LogP contribution in [0.5, 0.6) is 11.5 Å². The Hall–Kier alpha value is -2.93. The normalized spacial score (nSPS) is 14.1. The smallest absolute Gasteiger partial charge is 0.387 e. The van der Waals surface area contributed by atoms with Gasteiger partial charge in [0.1, 0.15) is 18.1 Å². The Morgan fingerprint density at radius 2 is 2.00 bits per heavy atom. The van der Waals surface area contributed by atoms with Crippen molar-refractivity contribution >= 4 is 12.0 Å². The molecule has 0 radical (unpaired) electrons. The topological polar surface area (TPSA) is 59.0 Å². The summed E-state index contributed by atoms with van der Waals surface area (Å²) in [7, 11) is 0. The lowest BCUT2D eigenvalue weighted by Crippen LogP contribution is -2.31. The van der Waals surface area contributed by atoms with Crippen molar-refractivity contribution in [2.75, 3.05) is 19.7 Å². The predicted octanol–water partition coefficient (Wildman–Crippen LogP) is 4.60. The standard InChI is InChI=1S/C23H25F2NO4/c24-23(25)30-19-10-8-17(9-11-19)4-3-15-29-21-6-1-5-18-16-26(14-12-20(18)21)13-2-7-22(27)28/h1,3-6,8-11,23H,2,7,12-16H2,(H,27,28)/b4-3+. The quantitative estimate of drug-likeness (QED) is 0.612. The van der Waals surface area contributed by atoms with E-state index < -0.39 is 12.6 Å². The third-order valence-corrected chi connectivity index (χ3v) is 4.92. The number of hydrogen-bond donors (Lipinski definition) is 1. The number of nitrogens with zero attached hydrogens (tertiary/aromatic N) is 1. The molecule has 0 bridgehead atoms. The molecule has 0 aliphatic carbocycles. The zero-order valence-corrected chi connectivity index (χ0v) is 16.6. The summed E-state index contributed by atoms with van der Waals surface area (Å²) in [5.41, 5.74) is 3.29. The Balaban J connectivity index is 1.51. The minimum Gasteiger partial charge on any atom is -0.489 e. The van der Waals surface area contributed by atoms with Gasteiger partial charge in [-0.05, 0) is 60.4 Å². The van der Waals surface area contributed by atoms with Gasteiger partial charge in [-0.25, -0.2) is 0 Å². The summed E-state index contributed by atoms with van der Waals surface area (Å²) < 4.78 is 34.6. The molecule has 0 amide bonds. The van der Waals surface area contributed by atoms with E-state index in [1.54, 1.807) is 12.1 Å². The van der Waals surface area contributed by atoms with Gasteiger partial charge in [-0.2, -0.15) is 8.78 Å². The Morgan fingerprint density at radius 3 is 2.73 bits per heavy atom. The highest BCUT2D eigenvalue weighted by atomic mass is 19.3. The summed E-state index contributed by atoms with van der Waals surface area (Å²) in [5.74, 6) is 0.239. The van der Waals surface area contributed by atoms with Crippen molar-refractivity contribution in [1.29, 1.82) is 0 Å². The number of carbonyl (C=O) groups is 1. The second kappa shape index (κ2) is 10.7. The first-order valence-electron chi connectivity index (χ1n) is 9.90. The van der Waals surface area contributed by atoms with E-state index in [0.29, 0.717) is 13.0 Å². The lowest BCUT2D eigenvalue weighted by molar-refractivity contribution is -0.137. The van der Waals surface area contributed by atoms with Crippen LogP contribution in [-0.2, 0) is 17.8 Å². The molecule has 30 heavy (non-hydrogen) atoms. The monoisotopic (exact) mass is 417 g/mol. The molecule has 2 aromatic carbocycles. The number of ether oxygens (including phenoxy) is 2. The van der Waals surface area contributed by atoms with E-state index in [4.69, 9.17) is 9.84 Å². The predicted molar refractivity (Wildman–Crippen MR) is 110 cm³/mol. The van der Waals surface area contributed by atoms with Gasteiger partial charge in [0.2, 0.25) is 0 Å². The van der Waals surface area contributed by atoms with Gasteiger partial charge in [-0.15, -0.1) is 0 Å². The van der Waals surface area contributed by atoms with Crippen molar-refractivity contribution in [1.82, 2.24) is 4.90 Å². The van der Waals surface area contributed by atoms with Gasteiger partial charge in [0.05, 0.1) is 0 Å². The van der Waals surface area contributed by atoms with Gasteiger partial charge in [0, 0.05) is 19.5 Å². The molecule has 1 N–H and O–H groups in total. The molecule has 0 unspecified atom stereocenters. The number of benzene rings is 2. The largest absolute Gasteiger partial charge is 0.489 e. The van der Waals surface area contributed by atoms with Crippen molar-refractivity contribution in [3.63, 3.8) is 0 Å². The molecule has 2 aromatic rings. The molecule has 7 heteroatoms. The molecule has 160 valence electrons. The van der Waals surface area contributed by atoms with Gasteiger partial charge in [0.15, 0.2) is 0 Å². The van der Waals surface area contributed by atoms with Crippen molar-refractivity contribution in [2.45, 2.75) is 32.4 Å². The zero-order chi connectivity index (χ0) is 21.3. The summed E-state index contributed by atoms with van der Waals surface area (Å²) in [6.07, 6.45) is 5.46. The molecule has 0 spiro atoms. The maximum absolute atomic E-state index is 12.2. The van der Waals surface area contributed by atoms with E-state index in [9.17, 15) is 13.6 Å². The average molecular weight is 417 g/mol. The summed E-state index contributed by atoms with van der Waals surface area (Å²) in [6, 6.07) is 12.4. The number of halogens is 2. The second-order valence-corrected chi connectivity index (χ2v) is 7.08. The van der Waals surface area contributed by atoms with Crippen LogP contribution >= 0.6 is 0 Å². The Labute approximate surface area is 174 Å². The van der Waals surface area contributed by atoms with Gasteiger partial charge in [-0.3, -0.25) is 9.69 Å². The Bertz CT molecular complexity index is 868. The van der Waals surface area contributed by atoms with Crippen molar-refractivity contribution in [3.8, 4) is 11.5 Å². The van der Waals surface area contributed by atoms with Crippen LogP contribution in [0.15, 0.2) is 48.5 Å². The van der Waals surface area contributed by atoms with E-state index in [-0.39, 0.29) is 12.2 Å². The first-order valence-corrected chi connectivity index (χ1v) is 9.90. The third kappa shape index (κ3) is 6.56. The van der Waals surface area contributed by atoms with Crippen molar-refractivity contribution in [2.24, 2.45) is 0 Å². The summed E-state index contributed by atoms with van der Waals surface area (Å²) in [5, 5.41) is 8.78. The Morgan fingerprint density at radius 1 is 1.20 bits per heavy atom. The van der Waals surface area contributed by atoms with E-state index in [1.807, 2.05) is 24.3 Å². The fourth-order valence-corrected chi connectivity index (χ4v) is 3.50. The van der Waals surface area contributed by atoms with E-state index in [1.165, 1.54) is 23.3 Å². The number of hydrogen-bond acceptors (Lipinski definition) is 4. The number of carboxylic acid groups (broad SMARTS) is 1. The molecule has 1 aliphatic heterocycles. The first kappa shape index (κ1) is 21.8. The number of aliphatic carboxylic acids is 1. The van der Waals surface area contributed by atoms with Crippen LogP contribution in [0.1, 0.15) is 29.5 Å². The van der Waals surface area contributed by atoms with Crippen molar-refractivity contribution in [3.05, 3.63) is 65.2 Å². The SMILES string of the molecule is O=C(O)CCCN1CCc2c(cccc2OC/C=C/c2ccc(OC(F)F)cc2)C1. The van der Waals surface area contributed by atoms with Gasteiger partial charge in [0.25, 0.3) is 0 Å².